The van der Waals surface area contributed by atoms with Gasteiger partial charge in [0.05, 0.1) is 44.5 Å². The molecule has 0 radical (unpaired) electrons. The highest BCUT2D eigenvalue weighted by atomic mass is 32.2. The molecule has 4 aliphatic rings. The van der Waals surface area contributed by atoms with Crippen LogP contribution in [0.2, 0.25) is 0 Å². The highest BCUT2D eigenvalue weighted by molar-refractivity contribution is 7.93. The summed E-state index contributed by atoms with van der Waals surface area (Å²) in [4.78, 5) is 88.6. The van der Waals surface area contributed by atoms with Crippen molar-refractivity contribution >= 4 is 55.1 Å². The first kappa shape index (κ1) is 59.4. The van der Waals surface area contributed by atoms with Crippen LogP contribution in [-0.2, 0) is 48.4 Å². The molecule has 5 aromatic carbocycles. The van der Waals surface area contributed by atoms with Gasteiger partial charge in [0.1, 0.15) is 24.2 Å². The molecule has 5 aromatic rings. The predicted octanol–water partition coefficient (Wildman–Crippen LogP) is 5.06. The number of hydrogen-bond acceptors (Lipinski definition) is 12. The smallest absolute Gasteiger partial charge is 0.246 e. The Morgan fingerprint density at radius 1 is 0.451 bits per heavy atom. The van der Waals surface area contributed by atoms with Crippen molar-refractivity contribution in [2.75, 3.05) is 14.1 Å². The van der Waals surface area contributed by atoms with Crippen molar-refractivity contribution in [3.05, 3.63) is 168 Å². The van der Waals surface area contributed by atoms with Gasteiger partial charge in [-0.15, -0.1) is 0 Å². The Morgan fingerprint density at radius 2 is 0.768 bits per heavy atom. The first-order valence-corrected chi connectivity index (χ1v) is 31.5. The summed E-state index contributed by atoms with van der Waals surface area (Å²) in [5.41, 5.74) is 3.36. The van der Waals surface area contributed by atoms with E-state index >= 15 is 16.8 Å². The lowest BCUT2D eigenvalue weighted by atomic mass is 9.97. The monoisotopic (exact) mass is 1150 g/mol. The summed E-state index contributed by atoms with van der Waals surface area (Å²) in [6, 6.07) is 34.7. The Morgan fingerprint density at radius 3 is 1.09 bits per heavy atom. The van der Waals surface area contributed by atoms with Gasteiger partial charge < -0.3 is 41.7 Å². The van der Waals surface area contributed by atoms with Crippen molar-refractivity contribution in [1.82, 2.24) is 41.7 Å². The number of benzene rings is 5. The molecule has 6 N–H and O–H groups in total. The number of sulfone groups is 2. The minimum atomic E-state index is -4.44. The topological polar surface area (TPSA) is 249 Å². The second-order valence-electron chi connectivity index (χ2n) is 22.1. The van der Waals surface area contributed by atoms with E-state index in [0.29, 0.717) is 25.7 Å². The standard InChI is InChI=1S/C62H74N8O10S2/c1-39(63-3)57(71)65-51-37-49(32-28-45-30-34-53(69(45)61(51)75)59(73)67-55(41-18-9-5-10-19-41)42-20-11-6-12-21-42)81(77,78)47-26-17-27-48(36-47)82(79,80)50-33-29-46-31-35-54(70(46)62(76)52(38-50)66-58(72)40(2)64-4)60(74)68-56(43-22-13-7-14-23-43)44-24-15-8-16-25-44/h5-27,36,39-40,45-46,49-56,63-64H,28-35,37-38H2,1-4H3,(H,65,71)(H,66,72)(H,67,73)(H,68,74)/t39-,40-,45-,46-,49?,50?,51-,52-,53-,54?/m0/s1. The Hall–Kier alpha value is -7.26. The third kappa shape index (κ3) is 12.8. The van der Waals surface area contributed by atoms with Crippen molar-refractivity contribution in [3.8, 4) is 0 Å². The number of nitrogens with zero attached hydrogens (tertiary/aromatic N) is 2. The fraction of sp³-hybridized carbons (Fsp3) is 0.419. The van der Waals surface area contributed by atoms with E-state index in [9.17, 15) is 28.8 Å². The molecule has 0 aliphatic carbocycles. The molecule has 20 heteroatoms. The number of carbonyl (C=O) groups is 6. The van der Waals surface area contributed by atoms with E-state index in [1.807, 2.05) is 121 Å². The van der Waals surface area contributed by atoms with E-state index in [0.717, 1.165) is 28.3 Å². The molecule has 4 fully saturated rings. The van der Waals surface area contributed by atoms with Crippen molar-refractivity contribution in [2.24, 2.45) is 0 Å². The molecule has 434 valence electrons. The second-order valence-corrected chi connectivity index (χ2v) is 26.5. The van der Waals surface area contributed by atoms with Crippen LogP contribution in [0.25, 0.3) is 0 Å². The number of likely N-dealkylation sites (N-methyl/N-ethyl adjacent to an activating group) is 2. The molecule has 10 atom stereocenters. The van der Waals surface area contributed by atoms with Gasteiger partial charge in [0.2, 0.25) is 35.4 Å². The highest BCUT2D eigenvalue weighted by Crippen LogP contribution is 2.39. The summed E-state index contributed by atoms with van der Waals surface area (Å²) in [6.07, 6.45) is 1.15. The molecule has 0 saturated carbocycles. The summed E-state index contributed by atoms with van der Waals surface area (Å²) in [5.74, 6) is -3.06. The predicted molar refractivity (Wildman–Crippen MR) is 310 cm³/mol. The van der Waals surface area contributed by atoms with Crippen LogP contribution in [0, 0.1) is 0 Å². The summed E-state index contributed by atoms with van der Waals surface area (Å²) >= 11 is 0. The number of fused-ring (bicyclic) bond motifs is 2. The van der Waals surface area contributed by atoms with E-state index in [1.54, 1.807) is 27.9 Å². The zero-order valence-corrected chi connectivity index (χ0v) is 48.3. The van der Waals surface area contributed by atoms with Crippen molar-refractivity contribution < 1.29 is 45.6 Å². The van der Waals surface area contributed by atoms with Crippen LogP contribution in [0.1, 0.15) is 112 Å². The van der Waals surface area contributed by atoms with Crippen molar-refractivity contribution in [2.45, 2.75) is 159 Å². The van der Waals surface area contributed by atoms with Crippen LogP contribution in [0.15, 0.2) is 155 Å². The fourth-order valence-corrected chi connectivity index (χ4v) is 16.0. The van der Waals surface area contributed by atoms with E-state index in [-0.39, 0.29) is 60.1 Å². The lowest BCUT2D eigenvalue weighted by Gasteiger charge is -2.38. The third-order valence-electron chi connectivity index (χ3n) is 17.1. The Bertz CT molecular complexity index is 3030. The summed E-state index contributed by atoms with van der Waals surface area (Å²) < 4.78 is 60.4. The van der Waals surface area contributed by atoms with E-state index in [4.69, 9.17) is 0 Å². The van der Waals surface area contributed by atoms with Gasteiger partial charge in [-0.3, -0.25) is 28.8 Å². The SMILES string of the molecule is CN[C@@H](C)C(=O)N[C@H]1CC(S(=O)(=O)c2cccc(S(=O)(=O)C3CC[C@H]4CC[C@@H](C(=O)NC(c5ccccc5)c5ccccc5)N4C(=O)[C@@H](NC(=O)[C@H](C)NC)C3)c2)CC[C@H]2CCC(C(=O)NC(c3ccccc3)c3ccccc3)N2C1=O. The molecule has 6 amide bonds. The summed E-state index contributed by atoms with van der Waals surface area (Å²) in [7, 11) is -5.73. The molecule has 9 rings (SSSR count). The summed E-state index contributed by atoms with van der Waals surface area (Å²) in [5, 5.41) is 15.2. The van der Waals surface area contributed by atoms with E-state index in [2.05, 4.69) is 31.9 Å². The maximum Gasteiger partial charge on any atom is 0.246 e. The average molecular weight is 1160 g/mol. The zero-order valence-electron chi connectivity index (χ0n) is 46.6. The molecule has 4 saturated heterocycles. The molecule has 3 unspecified atom stereocenters. The Labute approximate surface area is 480 Å². The number of carbonyl (C=O) groups excluding carboxylic acids is 6. The molecule has 4 aliphatic heterocycles. The van der Waals surface area contributed by atoms with Crippen LogP contribution in [-0.4, -0.2) is 135 Å². The first-order chi connectivity index (χ1) is 39.4. The lowest BCUT2D eigenvalue weighted by Crippen LogP contribution is -2.59. The highest BCUT2D eigenvalue weighted by Gasteiger charge is 2.50. The van der Waals surface area contributed by atoms with Crippen LogP contribution in [0.3, 0.4) is 0 Å². The minimum Gasteiger partial charge on any atom is -0.343 e. The molecule has 0 bridgehead atoms. The summed E-state index contributed by atoms with van der Waals surface area (Å²) in [6.45, 7) is 3.20. The van der Waals surface area contributed by atoms with Gasteiger partial charge in [-0.25, -0.2) is 16.8 Å². The molecule has 4 heterocycles. The van der Waals surface area contributed by atoms with Gasteiger partial charge >= 0.3 is 0 Å². The quantitative estimate of drug-likeness (QED) is 0.0675. The first-order valence-electron chi connectivity index (χ1n) is 28.4. The maximum atomic E-state index is 15.1. The van der Waals surface area contributed by atoms with Gasteiger partial charge in [0.15, 0.2) is 19.7 Å². The molecule has 18 nitrogen and oxygen atoms in total. The van der Waals surface area contributed by atoms with Crippen LogP contribution in [0.5, 0.6) is 0 Å². The number of rotatable bonds is 18. The van der Waals surface area contributed by atoms with Gasteiger partial charge in [-0.05, 0) is 133 Å². The van der Waals surface area contributed by atoms with E-state index < -0.39 is 114 Å². The molecular formula is C62H74N8O10S2. The maximum absolute atomic E-state index is 15.1. The van der Waals surface area contributed by atoms with Gasteiger partial charge in [-0.2, -0.15) is 0 Å². The molecule has 0 aromatic heterocycles. The Balaban J connectivity index is 0.962. The van der Waals surface area contributed by atoms with Gasteiger partial charge in [-0.1, -0.05) is 127 Å². The average Bonchev–Trinajstić information content (AvgIpc) is 4.28. The second kappa shape index (κ2) is 25.9. The third-order valence-corrected chi connectivity index (χ3v) is 21.5. The zero-order chi connectivity index (χ0) is 58.3. The van der Waals surface area contributed by atoms with Crippen molar-refractivity contribution in [3.63, 3.8) is 0 Å². The molecule has 0 spiro atoms. The lowest BCUT2D eigenvalue weighted by molar-refractivity contribution is -0.144. The van der Waals surface area contributed by atoms with Crippen LogP contribution in [0.4, 0.5) is 0 Å². The Kier molecular flexibility index (Phi) is 18.7. The number of amides is 6. The molecule has 82 heavy (non-hydrogen) atoms. The normalized spacial score (nSPS) is 24.0. The van der Waals surface area contributed by atoms with E-state index in [1.165, 1.54) is 28.0 Å². The fourth-order valence-electron chi connectivity index (χ4n) is 12.2. The largest absolute Gasteiger partial charge is 0.343 e. The van der Waals surface area contributed by atoms with Gasteiger partial charge in [0.25, 0.3) is 0 Å². The van der Waals surface area contributed by atoms with Crippen LogP contribution >= 0.6 is 0 Å². The molecular weight excluding hydrogens is 1080 g/mol. The van der Waals surface area contributed by atoms with Crippen LogP contribution < -0.4 is 31.9 Å². The van der Waals surface area contributed by atoms with Crippen molar-refractivity contribution in [1.29, 1.82) is 0 Å². The minimum absolute atomic E-state index is 0.0277. The number of hydrogen-bond donors (Lipinski definition) is 6. The number of nitrogens with one attached hydrogen (secondary N) is 6. The van der Waals surface area contributed by atoms with Gasteiger partial charge in [0, 0.05) is 12.1 Å².